The van der Waals surface area contributed by atoms with Crippen LogP contribution in [0.3, 0.4) is 0 Å². The van der Waals surface area contributed by atoms with Gasteiger partial charge in [-0.25, -0.2) is 0 Å². The largest absolute Gasteiger partial charge is 0.348 e. The second-order valence-corrected chi connectivity index (χ2v) is 6.10. The highest BCUT2D eigenvalue weighted by Crippen LogP contribution is 2.18. The van der Waals surface area contributed by atoms with Crippen LogP contribution in [-0.4, -0.2) is 20.0 Å². The number of halogens is 1. The molecule has 1 rings (SSSR count). The molecule has 0 aromatic carbocycles. The summed E-state index contributed by atoms with van der Waals surface area (Å²) in [4.78, 5) is 11.7. The number of carbonyl (C=O) groups is 1. The van der Waals surface area contributed by atoms with Crippen LogP contribution in [0.2, 0.25) is 0 Å². The molecular weight excluding hydrogens is 258 g/mol. The van der Waals surface area contributed by atoms with E-state index in [1.807, 2.05) is 34.0 Å². The lowest BCUT2D eigenvalue weighted by atomic mass is 10.1. The molecule has 15 heavy (non-hydrogen) atoms. The predicted molar refractivity (Wildman–Crippen MR) is 62.8 cm³/mol. The maximum atomic E-state index is 11.7. The van der Waals surface area contributed by atoms with Gasteiger partial charge in [-0.1, -0.05) is 15.9 Å². The van der Waals surface area contributed by atoms with Crippen LogP contribution in [0.25, 0.3) is 0 Å². The first-order valence-electron chi connectivity index (χ1n) is 4.79. The molecule has 0 aliphatic heterocycles. The molecule has 1 N–H and O–H groups in total. The molecule has 0 aliphatic carbocycles. The Morgan fingerprint density at radius 2 is 2.27 bits per heavy atom. The Bertz CT molecular complexity index is 354. The van der Waals surface area contributed by atoms with Crippen LogP contribution < -0.4 is 5.32 Å². The maximum Gasteiger partial charge on any atom is 0.236 e. The summed E-state index contributed by atoms with van der Waals surface area (Å²) in [6, 6.07) is -0.0250. The Labute approximate surface area is 98.2 Å². The van der Waals surface area contributed by atoms with Gasteiger partial charge >= 0.3 is 0 Å². The minimum absolute atomic E-state index is 0.0250. The molecule has 1 amide bonds. The van der Waals surface area contributed by atoms with Crippen LogP contribution in [-0.2, 0) is 11.8 Å². The van der Waals surface area contributed by atoms with E-state index in [1.165, 1.54) is 0 Å². The fraction of sp³-hybridized carbons (Fsp3) is 0.600. The number of nitrogens with zero attached hydrogens (tertiary/aromatic N) is 2. The van der Waals surface area contributed by atoms with Crippen molar-refractivity contribution in [1.29, 1.82) is 0 Å². The van der Waals surface area contributed by atoms with Crippen LogP contribution >= 0.6 is 15.9 Å². The molecule has 1 atom stereocenters. The van der Waals surface area contributed by atoms with Crippen molar-refractivity contribution in [2.24, 2.45) is 7.05 Å². The molecule has 0 aliphatic rings. The third kappa shape index (κ3) is 3.34. The van der Waals surface area contributed by atoms with Gasteiger partial charge in [-0.05, 0) is 20.8 Å². The summed E-state index contributed by atoms with van der Waals surface area (Å²) < 4.78 is 1.18. The molecule has 0 spiro atoms. The highest BCUT2D eigenvalue weighted by molar-refractivity contribution is 9.10. The zero-order chi connectivity index (χ0) is 11.6. The van der Waals surface area contributed by atoms with Gasteiger partial charge in [0.25, 0.3) is 0 Å². The Balaban J connectivity index is 2.64. The molecule has 1 unspecified atom stereocenters. The van der Waals surface area contributed by atoms with E-state index in [4.69, 9.17) is 0 Å². The third-order valence-corrected chi connectivity index (χ3v) is 2.47. The van der Waals surface area contributed by atoms with Crippen molar-refractivity contribution in [2.75, 3.05) is 0 Å². The van der Waals surface area contributed by atoms with E-state index in [0.29, 0.717) is 0 Å². The van der Waals surface area contributed by atoms with Gasteiger partial charge in [0.2, 0.25) is 5.91 Å². The van der Waals surface area contributed by atoms with Gasteiger partial charge in [0.05, 0.1) is 16.6 Å². The van der Waals surface area contributed by atoms with Crippen molar-refractivity contribution in [3.05, 3.63) is 18.0 Å². The number of nitrogens with one attached hydrogen (secondary N) is 1. The zero-order valence-corrected chi connectivity index (χ0v) is 11.0. The molecule has 0 fully saturated rings. The fourth-order valence-electron chi connectivity index (χ4n) is 1.12. The standard InChI is InChI=1S/C10H16BrN3O/c1-7(8-5-12-14(4)6-8)13-9(15)10(2,3)11/h5-7H,1-4H3,(H,13,15). The monoisotopic (exact) mass is 273 g/mol. The number of alkyl halides is 1. The van der Waals surface area contributed by atoms with Gasteiger partial charge in [0.1, 0.15) is 0 Å². The molecule has 0 saturated heterocycles. The summed E-state index contributed by atoms with van der Waals surface area (Å²) >= 11 is 3.32. The lowest BCUT2D eigenvalue weighted by Crippen LogP contribution is -2.38. The van der Waals surface area contributed by atoms with E-state index in [-0.39, 0.29) is 11.9 Å². The normalized spacial score (nSPS) is 13.7. The maximum absolute atomic E-state index is 11.7. The second kappa shape index (κ2) is 4.35. The Morgan fingerprint density at radius 1 is 1.67 bits per heavy atom. The van der Waals surface area contributed by atoms with Gasteiger partial charge in [-0.2, -0.15) is 5.10 Å². The Kier molecular flexibility index (Phi) is 3.54. The molecule has 5 heteroatoms. The van der Waals surface area contributed by atoms with E-state index in [9.17, 15) is 4.79 Å². The van der Waals surface area contributed by atoms with Crippen molar-refractivity contribution >= 4 is 21.8 Å². The molecule has 4 nitrogen and oxygen atoms in total. The van der Waals surface area contributed by atoms with E-state index in [2.05, 4.69) is 26.3 Å². The molecule has 0 radical (unpaired) electrons. The van der Waals surface area contributed by atoms with Crippen molar-refractivity contribution in [1.82, 2.24) is 15.1 Å². The lowest BCUT2D eigenvalue weighted by Gasteiger charge is -2.19. The van der Waals surface area contributed by atoms with Gasteiger partial charge in [-0.3, -0.25) is 9.48 Å². The third-order valence-electron chi connectivity index (χ3n) is 2.11. The summed E-state index contributed by atoms with van der Waals surface area (Å²) in [6.45, 7) is 5.57. The summed E-state index contributed by atoms with van der Waals surface area (Å²) in [5, 5.41) is 6.97. The number of hydrogen-bond donors (Lipinski definition) is 1. The predicted octanol–water partition coefficient (Wildman–Crippen LogP) is 1.77. The quantitative estimate of drug-likeness (QED) is 0.854. The zero-order valence-electron chi connectivity index (χ0n) is 9.41. The molecule has 0 saturated carbocycles. The highest BCUT2D eigenvalue weighted by Gasteiger charge is 2.25. The number of hydrogen-bond acceptors (Lipinski definition) is 2. The molecule has 84 valence electrons. The Morgan fingerprint density at radius 3 is 2.67 bits per heavy atom. The number of amides is 1. The first-order valence-corrected chi connectivity index (χ1v) is 5.58. The molecule has 1 aromatic heterocycles. The molecule has 0 bridgehead atoms. The number of rotatable bonds is 3. The summed E-state index contributed by atoms with van der Waals surface area (Å²) in [5.74, 6) is -0.0288. The fourth-order valence-corrected chi connectivity index (χ4v) is 1.23. The average Bonchev–Trinajstić information content (AvgIpc) is 2.50. The topological polar surface area (TPSA) is 46.9 Å². The minimum atomic E-state index is -0.538. The summed E-state index contributed by atoms with van der Waals surface area (Å²) in [5.41, 5.74) is 1.00. The highest BCUT2D eigenvalue weighted by atomic mass is 79.9. The van der Waals surface area contributed by atoms with E-state index < -0.39 is 4.32 Å². The van der Waals surface area contributed by atoms with Crippen molar-refractivity contribution in [3.8, 4) is 0 Å². The van der Waals surface area contributed by atoms with Crippen LogP contribution in [0.4, 0.5) is 0 Å². The van der Waals surface area contributed by atoms with E-state index in [0.717, 1.165) is 5.56 Å². The first-order chi connectivity index (χ1) is 6.80. The summed E-state index contributed by atoms with van der Waals surface area (Å²) in [7, 11) is 1.85. The first kappa shape index (κ1) is 12.2. The minimum Gasteiger partial charge on any atom is -0.348 e. The molecule has 1 aromatic rings. The van der Waals surface area contributed by atoms with Gasteiger partial charge < -0.3 is 5.32 Å². The number of aryl methyl sites for hydroxylation is 1. The van der Waals surface area contributed by atoms with E-state index in [1.54, 1.807) is 10.9 Å². The lowest BCUT2D eigenvalue weighted by molar-refractivity contribution is -0.123. The SMILES string of the molecule is CC(NC(=O)C(C)(C)Br)c1cnn(C)c1. The van der Waals surface area contributed by atoms with Gasteiger partial charge in [0.15, 0.2) is 0 Å². The molecule has 1 heterocycles. The van der Waals surface area contributed by atoms with Crippen molar-refractivity contribution in [3.63, 3.8) is 0 Å². The van der Waals surface area contributed by atoms with Crippen LogP contribution in [0.1, 0.15) is 32.4 Å². The van der Waals surface area contributed by atoms with Gasteiger partial charge in [-0.15, -0.1) is 0 Å². The summed E-state index contributed by atoms with van der Waals surface area (Å²) in [6.07, 6.45) is 3.65. The number of carbonyl (C=O) groups excluding carboxylic acids is 1. The van der Waals surface area contributed by atoms with E-state index >= 15 is 0 Å². The second-order valence-electron chi connectivity index (χ2n) is 4.11. The van der Waals surface area contributed by atoms with Crippen molar-refractivity contribution < 1.29 is 4.79 Å². The van der Waals surface area contributed by atoms with Crippen LogP contribution in [0.15, 0.2) is 12.4 Å². The smallest absolute Gasteiger partial charge is 0.236 e. The Hall–Kier alpha value is -0.840. The number of aromatic nitrogens is 2. The van der Waals surface area contributed by atoms with Crippen molar-refractivity contribution in [2.45, 2.75) is 31.1 Å². The van der Waals surface area contributed by atoms with Gasteiger partial charge in [0, 0.05) is 18.8 Å². The van der Waals surface area contributed by atoms with Crippen LogP contribution in [0.5, 0.6) is 0 Å². The van der Waals surface area contributed by atoms with Crippen LogP contribution in [0, 0.1) is 0 Å². The molecular formula is C10H16BrN3O. The average molecular weight is 274 g/mol.